The average Bonchev–Trinajstić information content (AvgIpc) is 2.57. The number of hydrogen-bond acceptors (Lipinski definition) is 0. The van der Waals surface area contributed by atoms with Crippen molar-refractivity contribution in [2.24, 2.45) is 5.92 Å². The van der Waals surface area contributed by atoms with Crippen molar-refractivity contribution >= 4 is 23.2 Å². The van der Waals surface area contributed by atoms with E-state index in [0.717, 1.165) is 11.4 Å². The van der Waals surface area contributed by atoms with E-state index in [2.05, 4.69) is 6.07 Å². The zero-order valence-electron chi connectivity index (χ0n) is 10.2. The van der Waals surface area contributed by atoms with Gasteiger partial charge in [-0.05, 0) is 42.9 Å². The standard InChI is InChI=1S/C15H20Cl2/c16-14-9-5-6-12(10-14)11-15(17)13-7-3-1-2-4-8-13/h5-6,9-10,13,15H,1-4,7-8,11H2. The largest absolute Gasteiger partial charge is 0.122 e. The van der Waals surface area contributed by atoms with Crippen molar-refractivity contribution in [3.63, 3.8) is 0 Å². The summed E-state index contributed by atoms with van der Waals surface area (Å²) in [5.74, 6) is 0.693. The van der Waals surface area contributed by atoms with Crippen LogP contribution in [0, 0.1) is 5.92 Å². The van der Waals surface area contributed by atoms with Gasteiger partial charge >= 0.3 is 0 Å². The summed E-state index contributed by atoms with van der Waals surface area (Å²) in [4.78, 5) is 0. The Morgan fingerprint density at radius 1 is 1.12 bits per heavy atom. The van der Waals surface area contributed by atoms with Crippen LogP contribution in [0.2, 0.25) is 5.02 Å². The summed E-state index contributed by atoms with van der Waals surface area (Å²) in [5.41, 5.74) is 1.27. The molecular formula is C15H20Cl2. The fourth-order valence-corrected chi connectivity index (χ4v) is 3.37. The molecule has 2 rings (SSSR count). The van der Waals surface area contributed by atoms with Gasteiger partial charge in [0.2, 0.25) is 0 Å². The second kappa shape index (κ2) is 6.66. The Balaban J connectivity index is 1.93. The summed E-state index contributed by atoms with van der Waals surface area (Å²) in [6, 6.07) is 8.08. The summed E-state index contributed by atoms with van der Waals surface area (Å²) < 4.78 is 0. The summed E-state index contributed by atoms with van der Waals surface area (Å²) in [6.45, 7) is 0. The third-order valence-electron chi connectivity index (χ3n) is 3.73. The fraction of sp³-hybridized carbons (Fsp3) is 0.600. The van der Waals surface area contributed by atoms with Crippen LogP contribution in [0.3, 0.4) is 0 Å². The Labute approximate surface area is 114 Å². The maximum absolute atomic E-state index is 6.58. The molecule has 0 radical (unpaired) electrons. The van der Waals surface area contributed by atoms with Gasteiger partial charge in [0.15, 0.2) is 0 Å². The Kier molecular flexibility index (Phi) is 5.18. The summed E-state index contributed by atoms with van der Waals surface area (Å²) in [7, 11) is 0. The summed E-state index contributed by atoms with van der Waals surface area (Å²) in [6.07, 6.45) is 9.03. The van der Waals surface area contributed by atoms with Crippen LogP contribution in [-0.4, -0.2) is 5.38 Å². The Morgan fingerprint density at radius 2 is 1.82 bits per heavy atom. The molecule has 1 fully saturated rings. The molecule has 0 nitrogen and oxygen atoms in total. The Hall–Kier alpha value is -0.200. The highest BCUT2D eigenvalue weighted by atomic mass is 35.5. The number of alkyl halides is 1. The van der Waals surface area contributed by atoms with E-state index in [4.69, 9.17) is 23.2 Å². The molecular weight excluding hydrogens is 251 g/mol. The first-order valence-corrected chi connectivity index (χ1v) is 7.45. The SMILES string of the molecule is Clc1cccc(CC(Cl)C2CCCCCC2)c1. The molecule has 94 valence electrons. The molecule has 0 bridgehead atoms. The van der Waals surface area contributed by atoms with Crippen LogP contribution in [0.1, 0.15) is 44.1 Å². The van der Waals surface area contributed by atoms with Gasteiger partial charge in [0.05, 0.1) is 0 Å². The third-order valence-corrected chi connectivity index (χ3v) is 4.48. The van der Waals surface area contributed by atoms with Gasteiger partial charge in [0.1, 0.15) is 0 Å². The molecule has 0 aromatic heterocycles. The van der Waals surface area contributed by atoms with E-state index >= 15 is 0 Å². The lowest BCUT2D eigenvalue weighted by atomic mass is 9.92. The molecule has 17 heavy (non-hydrogen) atoms. The molecule has 1 aliphatic rings. The molecule has 1 aliphatic carbocycles. The monoisotopic (exact) mass is 270 g/mol. The van der Waals surface area contributed by atoms with Crippen LogP contribution < -0.4 is 0 Å². The highest BCUT2D eigenvalue weighted by molar-refractivity contribution is 6.30. The minimum absolute atomic E-state index is 0.270. The topological polar surface area (TPSA) is 0 Å². The lowest BCUT2D eigenvalue weighted by molar-refractivity contribution is 0.435. The highest BCUT2D eigenvalue weighted by Gasteiger charge is 2.20. The average molecular weight is 271 g/mol. The molecule has 2 heteroatoms. The quantitative estimate of drug-likeness (QED) is 0.505. The molecule has 1 aromatic carbocycles. The van der Waals surface area contributed by atoms with Crippen LogP contribution in [-0.2, 0) is 6.42 Å². The van der Waals surface area contributed by atoms with E-state index in [1.807, 2.05) is 18.2 Å². The molecule has 0 aliphatic heterocycles. The van der Waals surface area contributed by atoms with Crippen molar-refractivity contribution in [2.45, 2.75) is 50.3 Å². The molecule has 1 aromatic rings. The molecule has 0 heterocycles. The van der Waals surface area contributed by atoms with Crippen molar-refractivity contribution in [3.8, 4) is 0 Å². The molecule has 1 atom stereocenters. The van der Waals surface area contributed by atoms with E-state index in [0.29, 0.717) is 5.92 Å². The lowest BCUT2D eigenvalue weighted by Crippen LogP contribution is -2.17. The van der Waals surface area contributed by atoms with Crippen LogP contribution >= 0.6 is 23.2 Å². The maximum atomic E-state index is 6.58. The molecule has 0 spiro atoms. The van der Waals surface area contributed by atoms with Gasteiger partial charge < -0.3 is 0 Å². The van der Waals surface area contributed by atoms with E-state index in [9.17, 15) is 0 Å². The van der Waals surface area contributed by atoms with Crippen LogP contribution in [0.25, 0.3) is 0 Å². The predicted octanol–water partition coefficient (Wildman–Crippen LogP) is 5.46. The highest BCUT2D eigenvalue weighted by Crippen LogP contribution is 2.30. The number of halogens is 2. The minimum atomic E-state index is 0.270. The van der Waals surface area contributed by atoms with Crippen LogP contribution in [0.4, 0.5) is 0 Å². The zero-order chi connectivity index (χ0) is 12.1. The Bertz CT molecular complexity index is 341. The third kappa shape index (κ3) is 4.19. The van der Waals surface area contributed by atoms with Crippen LogP contribution in [0.5, 0.6) is 0 Å². The first kappa shape index (κ1) is 13.2. The van der Waals surface area contributed by atoms with Crippen molar-refractivity contribution in [1.82, 2.24) is 0 Å². The molecule has 0 saturated heterocycles. The maximum Gasteiger partial charge on any atom is 0.0408 e. The molecule has 0 N–H and O–H groups in total. The summed E-state index contributed by atoms with van der Waals surface area (Å²) in [5, 5.41) is 1.08. The second-order valence-electron chi connectivity index (χ2n) is 5.10. The van der Waals surface area contributed by atoms with Gasteiger partial charge in [-0.15, -0.1) is 11.6 Å². The normalized spacial score (nSPS) is 19.9. The van der Waals surface area contributed by atoms with Crippen molar-refractivity contribution in [3.05, 3.63) is 34.9 Å². The number of benzene rings is 1. The first-order valence-electron chi connectivity index (χ1n) is 6.64. The first-order chi connectivity index (χ1) is 8.25. The number of hydrogen-bond donors (Lipinski definition) is 0. The van der Waals surface area contributed by atoms with Gasteiger partial charge in [-0.25, -0.2) is 0 Å². The fourth-order valence-electron chi connectivity index (χ4n) is 2.73. The van der Waals surface area contributed by atoms with E-state index in [1.165, 1.54) is 44.1 Å². The van der Waals surface area contributed by atoms with Gasteiger partial charge in [-0.1, -0.05) is 49.4 Å². The smallest absolute Gasteiger partial charge is 0.0408 e. The van der Waals surface area contributed by atoms with Crippen molar-refractivity contribution < 1.29 is 0 Å². The Morgan fingerprint density at radius 3 is 2.47 bits per heavy atom. The van der Waals surface area contributed by atoms with E-state index in [-0.39, 0.29) is 5.38 Å². The van der Waals surface area contributed by atoms with E-state index < -0.39 is 0 Å². The second-order valence-corrected chi connectivity index (χ2v) is 6.10. The zero-order valence-corrected chi connectivity index (χ0v) is 11.7. The van der Waals surface area contributed by atoms with Gasteiger partial charge in [-0.2, -0.15) is 0 Å². The van der Waals surface area contributed by atoms with Crippen molar-refractivity contribution in [2.75, 3.05) is 0 Å². The minimum Gasteiger partial charge on any atom is -0.122 e. The molecule has 1 unspecified atom stereocenters. The predicted molar refractivity (Wildman–Crippen MR) is 76.0 cm³/mol. The van der Waals surface area contributed by atoms with Gasteiger partial charge in [-0.3, -0.25) is 0 Å². The van der Waals surface area contributed by atoms with E-state index in [1.54, 1.807) is 0 Å². The van der Waals surface area contributed by atoms with Gasteiger partial charge in [0.25, 0.3) is 0 Å². The molecule has 0 amide bonds. The van der Waals surface area contributed by atoms with Crippen LogP contribution in [0.15, 0.2) is 24.3 Å². The summed E-state index contributed by atoms with van der Waals surface area (Å²) >= 11 is 12.6. The van der Waals surface area contributed by atoms with Gasteiger partial charge in [0, 0.05) is 10.4 Å². The molecule has 1 saturated carbocycles. The number of rotatable bonds is 3. The lowest BCUT2D eigenvalue weighted by Gasteiger charge is -2.20. The van der Waals surface area contributed by atoms with Crippen molar-refractivity contribution in [1.29, 1.82) is 0 Å².